The largest absolute Gasteiger partial charge is 0.496 e. The van der Waals surface area contributed by atoms with Gasteiger partial charge in [-0.25, -0.2) is 0 Å². The van der Waals surface area contributed by atoms with Crippen molar-refractivity contribution in [2.75, 3.05) is 14.2 Å². The molecule has 0 aliphatic carbocycles. The molecule has 3 aromatic carbocycles. The van der Waals surface area contributed by atoms with Crippen LogP contribution in [0.15, 0.2) is 72.8 Å². The van der Waals surface area contributed by atoms with Gasteiger partial charge in [-0.15, -0.1) is 12.4 Å². The van der Waals surface area contributed by atoms with E-state index < -0.39 is 0 Å². The van der Waals surface area contributed by atoms with Crippen molar-refractivity contribution in [3.63, 3.8) is 0 Å². The molecule has 5 heteroatoms. The first-order valence-electron chi connectivity index (χ1n) is 8.96. The Bertz CT molecular complexity index is 855. The van der Waals surface area contributed by atoms with Crippen molar-refractivity contribution in [1.82, 2.24) is 5.32 Å². The van der Waals surface area contributed by atoms with Gasteiger partial charge < -0.3 is 19.5 Å². The summed E-state index contributed by atoms with van der Waals surface area (Å²) >= 11 is 0. The smallest absolute Gasteiger partial charge is 0.161 e. The SMILES string of the molecule is COc1ccccc1CNCc1ccc(OCc2ccccc2)c(OC)c1.Cl. The van der Waals surface area contributed by atoms with Gasteiger partial charge >= 0.3 is 0 Å². The van der Waals surface area contributed by atoms with Crippen LogP contribution in [-0.4, -0.2) is 14.2 Å². The van der Waals surface area contributed by atoms with Gasteiger partial charge in [-0.3, -0.25) is 0 Å². The fraction of sp³-hybridized carbons (Fsp3) is 0.217. The molecule has 0 spiro atoms. The number of hydrogen-bond acceptors (Lipinski definition) is 4. The Balaban J connectivity index is 0.00000280. The normalized spacial score (nSPS) is 10.1. The van der Waals surface area contributed by atoms with Crippen LogP contribution in [0, 0.1) is 0 Å². The highest BCUT2D eigenvalue weighted by Crippen LogP contribution is 2.29. The number of hydrogen-bond donors (Lipinski definition) is 1. The van der Waals surface area contributed by atoms with E-state index in [1.165, 1.54) is 0 Å². The summed E-state index contributed by atoms with van der Waals surface area (Å²) in [6, 6.07) is 24.1. The van der Waals surface area contributed by atoms with E-state index >= 15 is 0 Å². The first-order valence-corrected chi connectivity index (χ1v) is 8.96. The van der Waals surface area contributed by atoms with Gasteiger partial charge in [0.2, 0.25) is 0 Å². The number of nitrogens with one attached hydrogen (secondary N) is 1. The monoisotopic (exact) mass is 399 g/mol. The van der Waals surface area contributed by atoms with Crippen LogP contribution in [0.3, 0.4) is 0 Å². The van der Waals surface area contributed by atoms with Crippen molar-refractivity contribution in [2.24, 2.45) is 0 Å². The zero-order valence-electron chi connectivity index (χ0n) is 16.2. The van der Waals surface area contributed by atoms with Crippen LogP contribution >= 0.6 is 12.4 Å². The van der Waals surface area contributed by atoms with Gasteiger partial charge in [-0.1, -0.05) is 54.6 Å². The maximum absolute atomic E-state index is 5.91. The van der Waals surface area contributed by atoms with E-state index in [-0.39, 0.29) is 12.4 Å². The molecule has 3 aromatic rings. The first kappa shape index (κ1) is 21.6. The molecule has 0 heterocycles. The Hall–Kier alpha value is -2.69. The third kappa shape index (κ3) is 5.91. The summed E-state index contributed by atoms with van der Waals surface area (Å²) in [5.41, 5.74) is 3.39. The van der Waals surface area contributed by atoms with Gasteiger partial charge in [0.05, 0.1) is 14.2 Å². The summed E-state index contributed by atoms with van der Waals surface area (Å²) in [7, 11) is 3.36. The van der Waals surface area contributed by atoms with Crippen molar-refractivity contribution in [2.45, 2.75) is 19.7 Å². The molecule has 0 bridgehead atoms. The highest BCUT2D eigenvalue weighted by molar-refractivity contribution is 5.85. The van der Waals surface area contributed by atoms with Crippen molar-refractivity contribution in [3.05, 3.63) is 89.5 Å². The highest BCUT2D eigenvalue weighted by atomic mass is 35.5. The van der Waals surface area contributed by atoms with E-state index in [9.17, 15) is 0 Å². The third-order valence-electron chi connectivity index (χ3n) is 4.30. The molecular weight excluding hydrogens is 374 g/mol. The molecule has 3 rings (SSSR count). The van der Waals surface area contributed by atoms with Gasteiger partial charge in [0.15, 0.2) is 11.5 Å². The highest BCUT2D eigenvalue weighted by Gasteiger charge is 2.07. The average molecular weight is 400 g/mol. The minimum absolute atomic E-state index is 0. The quantitative estimate of drug-likeness (QED) is 0.550. The van der Waals surface area contributed by atoms with Crippen molar-refractivity contribution in [3.8, 4) is 17.2 Å². The summed E-state index contributed by atoms with van der Waals surface area (Å²) in [6.07, 6.45) is 0. The summed E-state index contributed by atoms with van der Waals surface area (Å²) in [5.74, 6) is 2.38. The van der Waals surface area contributed by atoms with Crippen molar-refractivity contribution >= 4 is 12.4 Å². The van der Waals surface area contributed by atoms with E-state index in [4.69, 9.17) is 14.2 Å². The van der Waals surface area contributed by atoms with E-state index in [1.807, 2.05) is 60.7 Å². The molecule has 148 valence electrons. The Labute approximate surface area is 172 Å². The van der Waals surface area contributed by atoms with Crippen molar-refractivity contribution in [1.29, 1.82) is 0 Å². The Kier molecular flexibility index (Phi) is 8.66. The topological polar surface area (TPSA) is 39.7 Å². The van der Waals surface area contributed by atoms with Crippen LogP contribution in [0.4, 0.5) is 0 Å². The number of benzene rings is 3. The number of rotatable bonds is 9. The van der Waals surface area contributed by atoms with E-state index in [2.05, 4.69) is 17.4 Å². The fourth-order valence-corrected chi connectivity index (χ4v) is 2.87. The molecule has 0 radical (unpaired) electrons. The Morgan fingerprint density at radius 1 is 0.679 bits per heavy atom. The number of halogens is 1. The molecule has 0 atom stereocenters. The fourth-order valence-electron chi connectivity index (χ4n) is 2.87. The zero-order chi connectivity index (χ0) is 18.9. The van der Waals surface area contributed by atoms with Crippen LogP contribution in [-0.2, 0) is 19.7 Å². The predicted octanol–water partition coefficient (Wildman–Crippen LogP) is 4.99. The van der Waals surface area contributed by atoms with Gasteiger partial charge in [0, 0.05) is 18.7 Å². The maximum atomic E-state index is 5.91. The molecule has 0 amide bonds. The van der Waals surface area contributed by atoms with Crippen LogP contribution < -0.4 is 19.5 Å². The molecule has 0 fully saturated rings. The standard InChI is InChI=1S/C23H25NO3.ClH/c1-25-21-11-7-6-10-20(21)16-24-15-19-12-13-22(23(14-19)26-2)27-17-18-8-4-3-5-9-18;/h3-14,24H,15-17H2,1-2H3;1H. The third-order valence-corrected chi connectivity index (χ3v) is 4.30. The molecule has 0 saturated heterocycles. The summed E-state index contributed by atoms with van der Waals surface area (Å²) in [4.78, 5) is 0. The number of ether oxygens (including phenoxy) is 3. The van der Waals surface area contributed by atoms with Crippen molar-refractivity contribution < 1.29 is 14.2 Å². The molecule has 4 nitrogen and oxygen atoms in total. The molecular formula is C23H26ClNO3. The van der Waals surface area contributed by atoms with E-state index in [1.54, 1.807) is 14.2 Å². The molecule has 0 aromatic heterocycles. The second kappa shape index (κ2) is 11.2. The molecule has 1 N–H and O–H groups in total. The summed E-state index contributed by atoms with van der Waals surface area (Å²) in [6.45, 7) is 1.98. The van der Waals surface area contributed by atoms with Gasteiger partial charge in [0.1, 0.15) is 12.4 Å². The van der Waals surface area contributed by atoms with Crippen LogP contribution in [0.2, 0.25) is 0 Å². The van der Waals surface area contributed by atoms with Crippen LogP contribution in [0.25, 0.3) is 0 Å². The number of methoxy groups -OCH3 is 2. The Morgan fingerprint density at radius 2 is 1.39 bits per heavy atom. The minimum atomic E-state index is 0. The molecule has 0 aliphatic heterocycles. The lowest BCUT2D eigenvalue weighted by atomic mass is 10.1. The van der Waals surface area contributed by atoms with Gasteiger partial charge in [-0.2, -0.15) is 0 Å². The predicted molar refractivity (Wildman–Crippen MR) is 115 cm³/mol. The molecule has 28 heavy (non-hydrogen) atoms. The molecule has 0 saturated carbocycles. The number of para-hydroxylation sites is 1. The second-order valence-corrected chi connectivity index (χ2v) is 6.17. The van der Waals surface area contributed by atoms with Gasteiger partial charge in [0.25, 0.3) is 0 Å². The molecule has 0 unspecified atom stereocenters. The lowest BCUT2D eigenvalue weighted by Gasteiger charge is -2.13. The van der Waals surface area contributed by atoms with E-state index in [0.29, 0.717) is 6.61 Å². The van der Waals surface area contributed by atoms with Crippen LogP contribution in [0.1, 0.15) is 16.7 Å². The lowest BCUT2D eigenvalue weighted by Crippen LogP contribution is -2.13. The van der Waals surface area contributed by atoms with Gasteiger partial charge in [-0.05, 0) is 29.3 Å². The molecule has 0 aliphatic rings. The first-order chi connectivity index (χ1) is 13.3. The minimum Gasteiger partial charge on any atom is -0.496 e. The average Bonchev–Trinajstić information content (AvgIpc) is 2.73. The summed E-state index contributed by atoms with van der Waals surface area (Å²) < 4.78 is 16.8. The zero-order valence-corrected chi connectivity index (χ0v) is 17.0. The Morgan fingerprint density at radius 3 is 2.14 bits per heavy atom. The maximum Gasteiger partial charge on any atom is 0.161 e. The second-order valence-electron chi connectivity index (χ2n) is 6.17. The van der Waals surface area contributed by atoms with Crippen LogP contribution in [0.5, 0.6) is 17.2 Å². The lowest BCUT2D eigenvalue weighted by molar-refractivity contribution is 0.284. The summed E-state index contributed by atoms with van der Waals surface area (Å²) in [5, 5.41) is 3.44. The van der Waals surface area contributed by atoms with E-state index in [0.717, 1.165) is 47.0 Å².